The van der Waals surface area contributed by atoms with Crippen molar-refractivity contribution in [1.82, 2.24) is 20.0 Å². The summed E-state index contributed by atoms with van der Waals surface area (Å²) in [6.45, 7) is 2.55. The molecule has 0 radical (unpaired) electrons. The highest BCUT2D eigenvalue weighted by atomic mass is 19.1. The molecule has 0 saturated carbocycles. The van der Waals surface area contributed by atoms with Crippen molar-refractivity contribution in [2.45, 2.75) is 30.8 Å². The third-order valence-electron chi connectivity index (χ3n) is 5.96. The van der Waals surface area contributed by atoms with Crippen LogP contribution in [-0.4, -0.2) is 79.4 Å². The SMILES string of the molecule is CN(C)[C@@H](C(=O)N1CCC2(CC1)C(=O)NCCCN2C)c1ccccc1F. The fourth-order valence-corrected chi connectivity index (χ4v) is 4.28. The maximum atomic E-state index is 14.3. The molecule has 0 bridgehead atoms. The van der Waals surface area contributed by atoms with Crippen molar-refractivity contribution in [3.05, 3.63) is 35.6 Å². The number of benzene rings is 1. The van der Waals surface area contributed by atoms with Crippen LogP contribution in [-0.2, 0) is 9.59 Å². The molecule has 2 fully saturated rings. The number of carbonyl (C=O) groups excluding carboxylic acids is 2. The standard InChI is InChI=1S/C20H29FN4O2/c1-23(2)17(15-7-4-5-8-16(15)21)18(26)25-13-9-20(10-14-25)19(27)22-11-6-12-24(20)3/h4-5,7-8,17H,6,9-14H2,1-3H3,(H,22,27)/t17-/m1/s1. The van der Waals surface area contributed by atoms with Gasteiger partial charge in [-0.05, 0) is 46.5 Å². The summed E-state index contributed by atoms with van der Waals surface area (Å²) in [5.41, 5.74) is -0.157. The van der Waals surface area contributed by atoms with Crippen LogP contribution < -0.4 is 5.32 Å². The molecule has 1 N–H and O–H groups in total. The molecule has 2 saturated heterocycles. The highest BCUT2D eigenvalue weighted by molar-refractivity contribution is 5.88. The number of rotatable bonds is 3. The molecule has 1 aromatic rings. The first-order chi connectivity index (χ1) is 12.9. The van der Waals surface area contributed by atoms with E-state index in [9.17, 15) is 14.0 Å². The van der Waals surface area contributed by atoms with Crippen LogP contribution in [0.4, 0.5) is 4.39 Å². The first-order valence-corrected chi connectivity index (χ1v) is 9.56. The number of likely N-dealkylation sites (tertiary alicyclic amines) is 1. The zero-order valence-electron chi connectivity index (χ0n) is 16.4. The van der Waals surface area contributed by atoms with Crippen molar-refractivity contribution < 1.29 is 14.0 Å². The van der Waals surface area contributed by atoms with Gasteiger partial charge in [0.25, 0.3) is 0 Å². The molecule has 1 atom stereocenters. The summed E-state index contributed by atoms with van der Waals surface area (Å²) in [5, 5.41) is 3.01. The minimum atomic E-state index is -0.666. The largest absolute Gasteiger partial charge is 0.354 e. The fraction of sp³-hybridized carbons (Fsp3) is 0.600. The lowest BCUT2D eigenvalue weighted by atomic mass is 9.84. The Morgan fingerprint density at radius 2 is 1.89 bits per heavy atom. The second kappa shape index (κ2) is 7.94. The fourth-order valence-electron chi connectivity index (χ4n) is 4.28. The van der Waals surface area contributed by atoms with Gasteiger partial charge in [0.15, 0.2) is 0 Å². The molecule has 2 heterocycles. The Kier molecular flexibility index (Phi) is 5.81. The molecule has 0 aromatic heterocycles. The highest BCUT2D eigenvalue weighted by Gasteiger charge is 2.46. The summed E-state index contributed by atoms with van der Waals surface area (Å²) in [7, 11) is 5.56. The van der Waals surface area contributed by atoms with E-state index in [0.717, 1.165) is 13.0 Å². The van der Waals surface area contributed by atoms with Gasteiger partial charge in [0.2, 0.25) is 11.8 Å². The van der Waals surface area contributed by atoms with Gasteiger partial charge in [-0.3, -0.25) is 19.4 Å². The van der Waals surface area contributed by atoms with E-state index in [-0.39, 0.29) is 17.6 Å². The van der Waals surface area contributed by atoms with Gasteiger partial charge in [0.05, 0.1) is 0 Å². The Morgan fingerprint density at radius 3 is 2.52 bits per heavy atom. The smallest absolute Gasteiger partial charge is 0.244 e. The van der Waals surface area contributed by atoms with Crippen LogP contribution in [0, 0.1) is 5.82 Å². The van der Waals surface area contributed by atoms with E-state index >= 15 is 0 Å². The molecule has 7 heteroatoms. The third-order valence-corrected chi connectivity index (χ3v) is 5.96. The molecular weight excluding hydrogens is 347 g/mol. The highest BCUT2D eigenvalue weighted by Crippen LogP contribution is 2.32. The molecule has 2 aliphatic rings. The average Bonchev–Trinajstić information content (AvgIpc) is 2.78. The lowest BCUT2D eigenvalue weighted by molar-refractivity contribution is -0.144. The third kappa shape index (κ3) is 3.71. The van der Waals surface area contributed by atoms with Crippen molar-refractivity contribution in [2.75, 3.05) is 47.3 Å². The summed E-state index contributed by atoms with van der Waals surface area (Å²) < 4.78 is 14.3. The van der Waals surface area contributed by atoms with Gasteiger partial charge in [-0.2, -0.15) is 0 Å². The normalized spacial score (nSPS) is 21.8. The predicted octanol–water partition coefficient (Wildman–Crippen LogP) is 1.24. The van der Waals surface area contributed by atoms with Crippen LogP contribution in [0.5, 0.6) is 0 Å². The van der Waals surface area contributed by atoms with Gasteiger partial charge in [-0.1, -0.05) is 18.2 Å². The van der Waals surface area contributed by atoms with E-state index in [1.807, 2.05) is 7.05 Å². The van der Waals surface area contributed by atoms with Crippen molar-refractivity contribution in [3.8, 4) is 0 Å². The summed E-state index contributed by atoms with van der Waals surface area (Å²) in [5.74, 6) is -0.426. The number of carbonyl (C=O) groups is 2. The first kappa shape index (κ1) is 19.8. The second-order valence-corrected chi connectivity index (χ2v) is 7.78. The molecule has 27 heavy (non-hydrogen) atoms. The Hall–Kier alpha value is -1.99. The van der Waals surface area contributed by atoms with Gasteiger partial charge in [-0.15, -0.1) is 0 Å². The minimum absolute atomic E-state index is 0.0628. The van der Waals surface area contributed by atoms with Crippen LogP contribution in [0.3, 0.4) is 0 Å². The van der Waals surface area contributed by atoms with Gasteiger partial charge >= 0.3 is 0 Å². The van der Waals surface area contributed by atoms with E-state index in [4.69, 9.17) is 0 Å². The Bertz CT molecular complexity index is 701. The van der Waals surface area contributed by atoms with E-state index in [1.165, 1.54) is 6.07 Å². The van der Waals surface area contributed by atoms with Crippen molar-refractivity contribution >= 4 is 11.8 Å². The number of hydrogen-bond donors (Lipinski definition) is 1. The zero-order chi connectivity index (χ0) is 19.6. The minimum Gasteiger partial charge on any atom is -0.354 e. The number of nitrogens with zero attached hydrogens (tertiary/aromatic N) is 3. The number of piperidine rings is 1. The molecular formula is C20H29FN4O2. The molecule has 3 rings (SSSR count). The summed E-state index contributed by atoms with van der Waals surface area (Å²) in [6, 6.07) is 5.76. The van der Waals surface area contributed by atoms with Crippen LogP contribution >= 0.6 is 0 Å². The second-order valence-electron chi connectivity index (χ2n) is 7.78. The Morgan fingerprint density at radius 1 is 1.22 bits per heavy atom. The van der Waals surface area contributed by atoms with Crippen molar-refractivity contribution in [3.63, 3.8) is 0 Å². The number of nitrogens with one attached hydrogen (secondary N) is 1. The van der Waals surface area contributed by atoms with Gasteiger partial charge in [0.1, 0.15) is 17.4 Å². The lowest BCUT2D eigenvalue weighted by Gasteiger charge is -2.45. The molecule has 2 amide bonds. The maximum absolute atomic E-state index is 14.3. The van der Waals surface area contributed by atoms with Crippen LogP contribution in [0.25, 0.3) is 0 Å². The number of halogens is 1. The monoisotopic (exact) mass is 376 g/mol. The summed E-state index contributed by atoms with van der Waals surface area (Å²) >= 11 is 0. The Balaban J connectivity index is 1.77. The maximum Gasteiger partial charge on any atom is 0.244 e. The van der Waals surface area contributed by atoms with E-state index < -0.39 is 11.6 Å². The van der Waals surface area contributed by atoms with Crippen LogP contribution in [0.2, 0.25) is 0 Å². The molecule has 0 aliphatic carbocycles. The molecule has 1 aromatic carbocycles. The number of likely N-dealkylation sites (N-methyl/N-ethyl adjacent to an activating group) is 2. The van der Waals surface area contributed by atoms with E-state index in [2.05, 4.69) is 10.2 Å². The molecule has 6 nitrogen and oxygen atoms in total. The van der Waals surface area contributed by atoms with Gasteiger partial charge in [0, 0.05) is 31.7 Å². The molecule has 1 spiro atoms. The van der Waals surface area contributed by atoms with Crippen LogP contribution in [0.15, 0.2) is 24.3 Å². The molecule has 148 valence electrons. The van der Waals surface area contributed by atoms with E-state index in [1.54, 1.807) is 42.1 Å². The summed E-state index contributed by atoms with van der Waals surface area (Å²) in [6.07, 6.45) is 2.12. The number of amides is 2. The average molecular weight is 376 g/mol. The first-order valence-electron chi connectivity index (χ1n) is 9.56. The summed E-state index contributed by atoms with van der Waals surface area (Å²) in [4.78, 5) is 31.5. The topological polar surface area (TPSA) is 55.9 Å². The van der Waals surface area contributed by atoms with Crippen LogP contribution in [0.1, 0.15) is 30.9 Å². The lowest BCUT2D eigenvalue weighted by Crippen LogP contribution is -2.61. The van der Waals surface area contributed by atoms with Crippen molar-refractivity contribution in [1.29, 1.82) is 0 Å². The van der Waals surface area contributed by atoms with Gasteiger partial charge in [-0.25, -0.2) is 4.39 Å². The quantitative estimate of drug-likeness (QED) is 0.863. The molecule has 0 unspecified atom stereocenters. The van der Waals surface area contributed by atoms with Gasteiger partial charge < -0.3 is 10.2 Å². The zero-order valence-corrected chi connectivity index (χ0v) is 16.4. The van der Waals surface area contributed by atoms with Crippen molar-refractivity contribution in [2.24, 2.45) is 0 Å². The molecule has 2 aliphatic heterocycles. The number of hydrogen-bond acceptors (Lipinski definition) is 4. The Labute approximate surface area is 160 Å². The van der Waals surface area contributed by atoms with E-state index in [0.29, 0.717) is 38.0 Å². The predicted molar refractivity (Wildman–Crippen MR) is 102 cm³/mol.